The minimum Gasteiger partial charge on any atom is -0.462 e. The summed E-state index contributed by atoms with van der Waals surface area (Å²) in [5.74, 6) is -0.897. The van der Waals surface area contributed by atoms with Gasteiger partial charge in [0.05, 0.1) is 18.0 Å². The highest BCUT2D eigenvalue weighted by molar-refractivity contribution is 6.11. The average Bonchev–Trinajstić information content (AvgIpc) is 3.12. The zero-order valence-corrected chi connectivity index (χ0v) is 17.9. The Morgan fingerprint density at radius 3 is 2.22 bits per heavy atom. The molecule has 0 saturated heterocycles. The molecule has 0 radical (unpaired) electrons. The number of anilines is 1. The minimum absolute atomic E-state index is 0.225. The Hall–Kier alpha value is -4.19. The third-order valence-electron chi connectivity index (χ3n) is 5.08. The number of esters is 1. The average molecular weight is 425 g/mol. The van der Waals surface area contributed by atoms with E-state index in [2.05, 4.69) is 10.3 Å². The number of carbonyl (C=O) groups is 2. The highest BCUT2D eigenvalue weighted by Gasteiger charge is 2.29. The lowest BCUT2D eigenvalue weighted by atomic mass is 10.1. The quantitative estimate of drug-likeness (QED) is 0.427. The van der Waals surface area contributed by atoms with Crippen LogP contribution in [0.4, 0.5) is 5.69 Å². The van der Waals surface area contributed by atoms with E-state index in [9.17, 15) is 9.59 Å². The lowest BCUT2D eigenvalue weighted by molar-refractivity contribution is 0.0526. The van der Waals surface area contributed by atoms with Crippen molar-refractivity contribution in [1.29, 1.82) is 0 Å². The maximum absolute atomic E-state index is 13.1. The number of nitrogens with zero attached hydrogens (tertiary/aromatic N) is 2. The van der Waals surface area contributed by atoms with Gasteiger partial charge in [-0.3, -0.25) is 9.78 Å². The van der Waals surface area contributed by atoms with E-state index in [1.165, 1.54) is 0 Å². The van der Waals surface area contributed by atoms with Gasteiger partial charge in [-0.05, 0) is 38.1 Å². The first-order valence-corrected chi connectivity index (χ1v) is 10.4. The minimum atomic E-state index is -0.492. The second kappa shape index (κ2) is 9.31. The number of benzene rings is 2. The van der Waals surface area contributed by atoms with Crippen LogP contribution in [0.3, 0.4) is 0 Å². The van der Waals surface area contributed by atoms with Crippen molar-refractivity contribution in [3.05, 3.63) is 102 Å². The van der Waals surface area contributed by atoms with E-state index in [4.69, 9.17) is 4.74 Å². The number of hydrogen-bond acceptors (Lipinski definition) is 4. The van der Waals surface area contributed by atoms with Crippen LogP contribution in [0.25, 0.3) is 16.9 Å². The lowest BCUT2D eigenvalue weighted by Gasteiger charge is -2.14. The number of hydrogen-bond donors (Lipinski definition) is 1. The summed E-state index contributed by atoms with van der Waals surface area (Å²) in [7, 11) is 0. The Kier molecular flexibility index (Phi) is 6.12. The van der Waals surface area contributed by atoms with Crippen molar-refractivity contribution >= 4 is 17.6 Å². The van der Waals surface area contributed by atoms with Crippen molar-refractivity contribution in [1.82, 2.24) is 9.55 Å². The molecule has 2 aromatic heterocycles. The predicted molar refractivity (Wildman–Crippen MR) is 124 cm³/mol. The smallest absolute Gasteiger partial charge is 0.342 e. The zero-order valence-electron chi connectivity index (χ0n) is 17.9. The number of aromatic nitrogens is 2. The number of amides is 1. The third-order valence-corrected chi connectivity index (χ3v) is 5.08. The molecule has 160 valence electrons. The van der Waals surface area contributed by atoms with Gasteiger partial charge < -0.3 is 14.6 Å². The standard InChI is InChI=1S/C26H23N3O3/c1-3-32-26(31)22-18(2)29(20-14-8-5-9-15-20)24(19-12-6-4-7-13-19)23(22)28-25(30)21-16-10-11-17-27-21/h4-17H,3H2,1-2H3,(H,28,30). The van der Waals surface area contributed by atoms with Crippen molar-refractivity contribution in [2.45, 2.75) is 13.8 Å². The molecule has 6 heteroatoms. The number of nitrogens with one attached hydrogen (secondary N) is 1. The number of ether oxygens (including phenoxy) is 1. The molecule has 32 heavy (non-hydrogen) atoms. The van der Waals surface area contributed by atoms with Gasteiger partial charge in [-0.1, -0.05) is 54.6 Å². The second-order valence-corrected chi connectivity index (χ2v) is 7.11. The molecule has 0 fully saturated rings. The summed E-state index contributed by atoms with van der Waals surface area (Å²) in [6.07, 6.45) is 1.56. The van der Waals surface area contributed by atoms with E-state index in [0.29, 0.717) is 22.6 Å². The zero-order chi connectivity index (χ0) is 22.5. The summed E-state index contributed by atoms with van der Waals surface area (Å²) in [6, 6.07) is 24.5. The summed E-state index contributed by atoms with van der Waals surface area (Å²) in [5.41, 5.74) is 4.06. The van der Waals surface area contributed by atoms with E-state index in [0.717, 1.165) is 11.3 Å². The Morgan fingerprint density at radius 1 is 0.938 bits per heavy atom. The van der Waals surface area contributed by atoms with Crippen LogP contribution in [-0.2, 0) is 4.74 Å². The SMILES string of the molecule is CCOC(=O)c1c(NC(=O)c2ccccn2)c(-c2ccccc2)n(-c2ccccc2)c1C. The summed E-state index contributed by atoms with van der Waals surface area (Å²) in [4.78, 5) is 30.2. The molecule has 1 N–H and O–H groups in total. The van der Waals surface area contributed by atoms with Gasteiger partial charge in [0.25, 0.3) is 5.91 Å². The summed E-state index contributed by atoms with van der Waals surface area (Å²) >= 11 is 0. The molecule has 0 bridgehead atoms. The van der Waals surface area contributed by atoms with Crippen molar-refractivity contribution in [2.75, 3.05) is 11.9 Å². The molecule has 0 saturated carbocycles. The molecule has 0 unspecified atom stereocenters. The second-order valence-electron chi connectivity index (χ2n) is 7.11. The summed E-state index contributed by atoms with van der Waals surface area (Å²) in [6.45, 7) is 3.83. The number of rotatable bonds is 6. The van der Waals surface area contributed by atoms with E-state index in [1.54, 1.807) is 31.3 Å². The Morgan fingerprint density at radius 2 is 1.59 bits per heavy atom. The number of carbonyl (C=O) groups excluding carboxylic acids is 2. The van der Waals surface area contributed by atoms with Gasteiger partial charge in [0, 0.05) is 23.1 Å². The van der Waals surface area contributed by atoms with Gasteiger partial charge in [-0.2, -0.15) is 0 Å². The molecule has 1 amide bonds. The first-order chi connectivity index (χ1) is 15.6. The van der Waals surface area contributed by atoms with Crippen LogP contribution in [0, 0.1) is 6.92 Å². The largest absolute Gasteiger partial charge is 0.462 e. The molecule has 0 aliphatic carbocycles. The van der Waals surface area contributed by atoms with Gasteiger partial charge >= 0.3 is 5.97 Å². The lowest BCUT2D eigenvalue weighted by Crippen LogP contribution is -2.16. The fraction of sp³-hybridized carbons (Fsp3) is 0.115. The highest BCUT2D eigenvalue weighted by Crippen LogP contribution is 2.39. The number of para-hydroxylation sites is 1. The Bertz CT molecular complexity index is 1230. The van der Waals surface area contributed by atoms with E-state index < -0.39 is 11.9 Å². The van der Waals surface area contributed by atoms with Crippen LogP contribution in [-0.4, -0.2) is 28.0 Å². The molecule has 0 spiro atoms. The first kappa shape index (κ1) is 21.1. The molecule has 0 atom stereocenters. The number of pyridine rings is 1. The fourth-order valence-corrected chi connectivity index (χ4v) is 3.71. The third kappa shape index (κ3) is 4.03. The van der Waals surface area contributed by atoms with E-state index in [1.807, 2.05) is 72.2 Å². The molecule has 4 aromatic rings. The molecule has 0 aliphatic heterocycles. The van der Waals surface area contributed by atoms with Crippen LogP contribution in [0.2, 0.25) is 0 Å². The molecular weight excluding hydrogens is 402 g/mol. The molecule has 0 aliphatic rings. The van der Waals surface area contributed by atoms with Gasteiger partial charge in [0.15, 0.2) is 0 Å². The highest BCUT2D eigenvalue weighted by atomic mass is 16.5. The molecule has 2 heterocycles. The first-order valence-electron chi connectivity index (χ1n) is 10.4. The van der Waals surface area contributed by atoms with Crippen LogP contribution in [0.5, 0.6) is 0 Å². The van der Waals surface area contributed by atoms with Crippen molar-refractivity contribution < 1.29 is 14.3 Å². The molecule has 2 aromatic carbocycles. The monoisotopic (exact) mass is 425 g/mol. The van der Waals surface area contributed by atoms with Crippen molar-refractivity contribution in [3.8, 4) is 16.9 Å². The fourth-order valence-electron chi connectivity index (χ4n) is 3.71. The van der Waals surface area contributed by atoms with Gasteiger partial charge in [-0.15, -0.1) is 0 Å². The van der Waals surface area contributed by atoms with Crippen LogP contribution < -0.4 is 5.32 Å². The normalized spacial score (nSPS) is 10.6. The van der Waals surface area contributed by atoms with Gasteiger partial charge in [0.1, 0.15) is 11.3 Å². The van der Waals surface area contributed by atoms with Crippen LogP contribution in [0.15, 0.2) is 85.1 Å². The van der Waals surface area contributed by atoms with Crippen LogP contribution >= 0.6 is 0 Å². The topological polar surface area (TPSA) is 73.2 Å². The summed E-state index contributed by atoms with van der Waals surface area (Å²) < 4.78 is 7.33. The van der Waals surface area contributed by atoms with Gasteiger partial charge in [0.2, 0.25) is 0 Å². The van der Waals surface area contributed by atoms with Crippen LogP contribution in [0.1, 0.15) is 33.5 Å². The molecule has 6 nitrogen and oxygen atoms in total. The van der Waals surface area contributed by atoms with E-state index in [-0.39, 0.29) is 12.3 Å². The van der Waals surface area contributed by atoms with Gasteiger partial charge in [-0.25, -0.2) is 4.79 Å². The Labute approximate surface area is 186 Å². The molecular formula is C26H23N3O3. The Balaban J connectivity index is 1.98. The predicted octanol–water partition coefficient (Wildman–Crippen LogP) is 5.28. The maximum atomic E-state index is 13.1. The maximum Gasteiger partial charge on any atom is 0.342 e. The van der Waals surface area contributed by atoms with Crippen molar-refractivity contribution in [3.63, 3.8) is 0 Å². The molecule has 4 rings (SSSR count). The summed E-state index contributed by atoms with van der Waals surface area (Å²) in [5, 5.41) is 2.94. The van der Waals surface area contributed by atoms with Crippen molar-refractivity contribution in [2.24, 2.45) is 0 Å². The van der Waals surface area contributed by atoms with E-state index >= 15 is 0 Å².